The number of anilines is 1. The Morgan fingerprint density at radius 1 is 1.64 bits per heavy atom. The molecule has 1 aromatic rings. The highest BCUT2D eigenvalue weighted by molar-refractivity contribution is 8.23. The predicted octanol–water partition coefficient (Wildman–Crippen LogP) is 3.96. The van der Waals surface area contributed by atoms with E-state index in [4.69, 9.17) is 23.8 Å². The predicted molar refractivity (Wildman–Crippen MR) is 70.3 cm³/mol. The Kier molecular flexibility index (Phi) is 5.01. The van der Waals surface area contributed by atoms with Crippen molar-refractivity contribution in [3.63, 3.8) is 0 Å². The smallest absolute Gasteiger partial charge is 0.138 e. The normalized spacial score (nSPS) is 9.50. The number of thioether (sulfide) groups is 1. The van der Waals surface area contributed by atoms with Gasteiger partial charge in [0.1, 0.15) is 4.32 Å². The van der Waals surface area contributed by atoms with E-state index >= 15 is 0 Å². The van der Waals surface area contributed by atoms with Crippen LogP contribution in [-0.2, 0) is 0 Å². The second kappa shape index (κ2) is 6.06. The van der Waals surface area contributed by atoms with Gasteiger partial charge < -0.3 is 5.32 Å². The summed E-state index contributed by atoms with van der Waals surface area (Å²) in [6.07, 6.45) is 1.82. The second-order valence-corrected chi connectivity index (χ2v) is 4.66. The quantitative estimate of drug-likeness (QED) is 0.638. The van der Waals surface area contributed by atoms with E-state index in [-0.39, 0.29) is 0 Å². The summed E-state index contributed by atoms with van der Waals surface area (Å²) >= 11 is 12.5. The van der Waals surface area contributed by atoms with Crippen molar-refractivity contribution in [2.75, 3.05) is 11.1 Å². The maximum atomic E-state index is 5.83. The molecule has 0 spiro atoms. The summed E-state index contributed by atoms with van der Waals surface area (Å²) < 4.78 is 0.729. The summed E-state index contributed by atoms with van der Waals surface area (Å²) in [6, 6.07) is 7.47. The molecule has 14 heavy (non-hydrogen) atoms. The summed E-state index contributed by atoms with van der Waals surface area (Å²) in [5.41, 5.74) is 0.916. The number of thiocarbonyl (C=S) groups is 1. The fraction of sp³-hybridized carbons (Fsp3) is 0.100. The van der Waals surface area contributed by atoms with Crippen molar-refractivity contribution in [2.24, 2.45) is 0 Å². The van der Waals surface area contributed by atoms with Crippen LogP contribution in [0.2, 0.25) is 5.02 Å². The maximum Gasteiger partial charge on any atom is 0.138 e. The largest absolute Gasteiger partial charge is 0.341 e. The SMILES string of the molecule is C=CCSC(=S)Nc1cccc(Cl)c1. The van der Waals surface area contributed by atoms with Crippen molar-refractivity contribution in [2.45, 2.75) is 0 Å². The van der Waals surface area contributed by atoms with E-state index in [1.54, 1.807) is 0 Å². The van der Waals surface area contributed by atoms with Crippen molar-refractivity contribution < 1.29 is 0 Å². The van der Waals surface area contributed by atoms with Crippen LogP contribution in [0.5, 0.6) is 0 Å². The molecule has 0 bridgehead atoms. The molecule has 0 saturated heterocycles. The molecule has 74 valence electrons. The van der Waals surface area contributed by atoms with Crippen molar-refractivity contribution in [1.29, 1.82) is 0 Å². The van der Waals surface area contributed by atoms with Gasteiger partial charge in [-0.15, -0.1) is 6.58 Å². The zero-order chi connectivity index (χ0) is 10.4. The average Bonchev–Trinajstić information content (AvgIpc) is 2.15. The third kappa shape index (κ3) is 4.13. The van der Waals surface area contributed by atoms with Crippen molar-refractivity contribution >= 4 is 45.6 Å². The summed E-state index contributed by atoms with van der Waals surface area (Å²) in [5, 5.41) is 3.78. The highest BCUT2D eigenvalue weighted by Gasteiger charge is 1.97. The van der Waals surface area contributed by atoms with E-state index in [0.29, 0.717) is 5.02 Å². The minimum atomic E-state index is 0.700. The lowest BCUT2D eigenvalue weighted by atomic mass is 10.3. The lowest BCUT2D eigenvalue weighted by molar-refractivity contribution is 1.66. The Bertz CT molecular complexity index is 339. The molecule has 0 aliphatic carbocycles. The molecule has 1 N–H and O–H groups in total. The molecule has 1 aromatic carbocycles. The van der Waals surface area contributed by atoms with Gasteiger partial charge >= 0.3 is 0 Å². The van der Waals surface area contributed by atoms with E-state index in [1.165, 1.54) is 11.8 Å². The molecule has 0 aromatic heterocycles. The third-order valence-electron chi connectivity index (χ3n) is 1.40. The molecule has 0 fully saturated rings. The molecule has 0 heterocycles. The molecule has 1 nitrogen and oxygen atoms in total. The summed E-state index contributed by atoms with van der Waals surface area (Å²) in [5.74, 6) is 0.812. The Balaban J connectivity index is 2.51. The fourth-order valence-electron chi connectivity index (χ4n) is 0.855. The monoisotopic (exact) mass is 243 g/mol. The number of halogens is 1. The maximum absolute atomic E-state index is 5.83. The van der Waals surface area contributed by atoms with Crippen LogP contribution in [0.3, 0.4) is 0 Å². The minimum Gasteiger partial charge on any atom is -0.341 e. The summed E-state index contributed by atoms with van der Waals surface area (Å²) in [4.78, 5) is 0. The van der Waals surface area contributed by atoms with Gasteiger partial charge in [0.25, 0.3) is 0 Å². The van der Waals surface area contributed by atoms with Gasteiger partial charge in [0.2, 0.25) is 0 Å². The van der Waals surface area contributed by atoms with Gasteiger partial charge in [-0.25, -0.2) is 0 Å². The average molecular weight is 244 g/mol. The Morgan fingerprint density at radius 3 is 3.07 bits per heavy atom. The first-order valence-electron chi connectivity index (χ1n) is 4.02. The first-order chi connectivity index (χ1) is 6.72. The molecule has 0 unspecified atom stereocenters. The van der Waals surface area contributed by atoms with E-state index in [2.05, 4.69) is 11.9 Å². The van der Waals surface area contributed by atoms with Gasteiger partial charge in [-0.1, -0.05) is 47.7 Å². The Labute approximate surface area is 98.5 Å². The van der Waals surface area contributed by atoms with Crippen LogP contribution in [0.1, 0.15) is 0 Å². The second-order valence-electron chi connectivity index (χ2n) is 2.52. The number of nitrogens with one attached hydrogen (secondary N) is 1. The van der Waals surface area contributed by atoms with Gasteiger partial charge in [0, 0.05) is 16.5 Å². The van der Waals surface area contributed by atoms with Crippen LogP contribution in [0.4, 0.5) is 5.69 Å². The number of hydrogen-bond donors (Lipinski definition) is 1. The highest BCUT2D eigenvalue weighted by Crippen LogP contribution is 2.16. The number of rotatable bonds is 3. The third-order valence-corrected chi connectivity index (χ3v) is 2.86. The first kappa shape index (κ1) is 11.6. The molecule has 0 aliphatic heterocycles. The van der Waals surface area contributed by atoms with Gasteiger partial charge in [0.05, 0.1) is 0 Å². The highest BCUT2D eigenvalue weighted by atomic mass is 35.5. The Morgan fingerprint density at radius 2 is 2.43 bits per heavy atom. The lowest BCUT2D eigenvalue weighted by Gasteiger charge is -2.05. The summed E-state index contributed by atoms with van der Waals surface area (Å²) in [6.45, 7) is 3.62. The van der Waals surface area contributed by atoms with Crippen LogP contribution < -0.4 is 5.32 Å². The van der Waals surface area contributed by atoms with Crippen LogP contribution >= 0.6 is 35.6 Å². The Hall–Kier alpha value is -0.510. The molecule has 0 radical (unpaired) electrons. The zero-order valence-electron chi connectivity index (χ0n) is 7.50. The van der Waals surface area contributed by atoms with Gasteiger partial charge in [-0.05, 0) is 18.2 Å². The van der Waals surface area contributed by atoms with Gasteiger partial charge in [-0.2, -0.15) is 0 Å². The van der Waals surface area contributed by atoms with Crippen LogP contribution in [-0.4, -0.2) is 10.1 Å². The molecular formula is C10H10ClNS2. The van der Waals surface area contributed by atoms with Gasteiger partial charge in [0.15, 0.2) is 0 Å². The molecule has 0 atom stereocenters. The lowest BCUT2D eigenvalue weighted by Crippen LogP contribution is -2.04. The molecule has 0 amide bonds. The van der Waals surface area contributed by atoms with Crippen molar-refractivity contribution in [3.05, 3.63) is 41.9 Å². The van der Waals surface area contributed by atoms with Crippen molar-refractivity contribution in [1.82, 2.24) is 0 Å². The van der Waals surface area contributed by atoms with Crippen LogP contribution in [0, 0.1) is 0 Å². The van der Waals surface area contributed by atoms with Gasteiger partial charge in [-0.3, -0.25) is 0 Å². The van der Waals surface area contributed by atoms with E-state index in [0.717, 1.165) is 15.8 Å². The molecule has 0 saturated carbocycles. The van der Waals surface area contributed by atoms with Crippen molar-refractivity contribution in [3.8, 4) is 0 Å². The fourth-order valence-corrected chi connectivity index (χ4v) is 1.83. The van der Waals surface area contributed by atoms with Crippen LogP contribution in [0.15, 0.2) is 36.9 Å². The zero-order valence-corrected chi connectivity index (χ0v) is 9.88. The summed E-state index contributed by atoms with van der Waals surface area (Å²) in [7, 11) is 0. The molecule has 4 heteroatoms. The molecular weight excluding hydrogens is 234 g/mol. The minimum absolute atomic E-state index is 0.700. The first-order valence-corrected chi connectivity index (χ1v) is 5.80. The van der Waals surface area contributed by atoms with E-state index in [1.807, 2.05) is 30.3 Å². The number of hydrogen-bond acceptors (Lipinski definition) is 2. The van der Waals surface area contributed by atoms with Crippen LogP contribution in [0.25, 0.3) is 0 Å². The van der Waals surface area contributed by atoms with E-state index < -0.39 is 0 Å². The van der Waals surface area contributed by atoms with E-state index in [9.17, 15) is 0 Å². The number of benzene rings is 1. The topological polar surface area (TPSA) is 12.0 Å². The molecule has 1 rings (SSSR count). The standard InChI is InChI=1S/C10H10ClNS2/c1-2-6-14-10(13)12-9-5-3-4-8(11)7-9/h2-5,7H,1,6H2,(H,12,13). The molecule has 0 aliphatic rings.